The lowest BCUT2D eigenvalue weighted by Gasteiger charge is -2.20. The standard InChI is InChI=1S/C13H17FN2O4S/c1-2-16(9-3-4-9)13(17)8-20-12-6-5-10(7-11(12)14)21(15,18)19/h5-7,9H,2-4,8H2,1H3,(H2,15,18,19). The van der Waals surface area contributed by atoms with Gasteiger partial charge in [-0.05, 0) is 38.0 Å². The molecular formula is C13H17FN2O4S. The second-order valence-electron chi connectivity index (χ2n) is 4.84. The number of hydrogen-bond acceptors (Lipinski definition) is 4. The number of likely N-dealkylation sites (N-methyl/N-ethyl adjacent to an activating group) is 1. The highest BCUT2D eigenvalue weighted by molar-refractivity contribution is 7.89. The molecule has 0 saturated heterocycles. The molecule has 1 saturated carbocycles. The minimum atomic E-state index is -3.96. The third kappa shape index (κ3) is 3.92. The lowest BCUT2D eigenvalue weighted by atomic mass is 10.3. The summed E-state index contributed by atoms with van der Waals surface area (Å²) in [5, 5.41) is 4.90. The average molecular weight is 316 g/mol. The molecule has 0 aromatic heterocycles. The van der Waals surface area contributed by atoms with E-state index >= 15 is 0 Å². The number of benzene rings is 1. The maximum Gasteiger partial charge on any atom is 0.260 e. The zero-order chi connectivity index (χ0) is 15.6. The number of rotatable bonds is 6. The normalized spacial score (nSPS) is 14.8. The van der Waals surface area contributed by atoms with Crippen molar-refractivity contribution in [3.05, 3.63) is 24.0 Å². The molecule has 0 atom stereocenters. The van der Waals surface area contributed by atoms with E-state index < -0.39 is 15.8 Å². The fourth-order valence-corrected chi connectivity index (χ4v) is 2.55. The van der Waals surface area contributed by atoms with Crippen LogP contribution in [0.15, 0.2) is 23.1 Å². The van der Waals surface area contributed by atoms with Crippen LogP contribution in [0.4, 0.5) is 4.39 Å². The topological polar surface area (TPSA) is 89.7 Å². The number of primary sulfonamides is 1. The Bertz CT molecular complexity index is 644. The van der Waals surface area contributed by atoms with Gasteiger partial charge in [-0.3, -0.25) is 4.79 Å². The first-order chi connectivity index (χ1) is 9.82. The van der Waals surface area contributed by atoms with Crippen LogP contribution < -0.4 is 9.88 Å². The number of nitrogens with two attached hydrogens (primary N) is 1. The fourth-order valence-electron chi connectivity index (χ4n) is 2.02. The Labute approximate surface area is 122 Å². The Balaban J connectivity index is 2.01. The monoisotopic (exact) mass is 316 g/mol. The molecule has 8 heteroatoms. The SMILES string of the molecule is CCN(C(=O)COc1ccc(S(N)(=O)=O)cc1F)C1CC1. The van der Waals surface area contributed by atoms with Crippen LogP contribution in [0.5, 0.6) is 5.75 Å². The highest BCUT2D eigenvalue weighted by atomic mass is 32.2. The summed E-state index contributed by atoms with van der Waals surface area (Å²) in [6, 6.07) is 3.32. The minimum Gasteiger partial charge on any atom is -0.481 e. The van der Waals surface area contributed by atoms with E-state index in [0.717, 1.165) is 31.0 Å². The van der Waals surface area contributed by atoms with Crippen molar-refractivity contribution in [1.29, 1.82) is 0 Å². The Morgan fingerprint density at radius 1 is 1.48 bits per heavy atom. The van der Waals surface area contributed by atoms with Gasteiger partial charge in [-0.1, -0.05) is 0 Å². The van der Waals surface area contributed by atoms with Gasteiger partial charge < -0.3 is 9.64 Å². The summed E-state index contributed by atoms with van der Waals surface area (Å²) in [6.45, 7) is 2.17. The molecule has 6 nitrogen and oxygen atoms in total. The number of nitrogens with zero attached hydrogens (tertiary/aromatic N) is 1. The largest absolute Gasteiger partial charge is 0.481 e. The van der Waals surface area contributed by atoms with Gasteiger partial charge in [0.05, 0.1) is 4.90 Å². The van der Waals surface area contributed by atoms with E-state index in [0.29, 0.717) is 6.54 Å². The van der Waals surface area contributed by atoms with Crippen LogP contribution in [-0.4, -0.2) is 38.4 Å². The molecule has 0 heterocycles. The molecule has 2 rings (SSSR count). The van der Waals surface area contributed by atoms with Crippen molar-refractivity contribution >= 4 is 15.9 Å². The zero-order valence-electron chi connectivity index (χ0n) is 11.6. The predicted molar refractivity (Wildman–Crippen MR) is 73.7 cm³/mol. The van der Waals surface area contributed by atoms with Crippen molar-refractivity contribution in [3.8, 4) is 5.75 Å². The molecule has 0 unspecified atom stereocenters. The van der Waals surface area contributed by atoms with Gasteiger partial charge in [-0.25, -0.2) is 17.9 Å². The quantitative estimate of drug-likeness (QED) is 0.843. The number of ether oxygens (including phenoxy) is 1. The molecule has 2 N–H and O–H groups in total. The number of hydrogen-bond donors (Lipinski definition) is 1. The van der Waals surface area contributed by atoms with E-state index in [1.807, 2.05) is 6.92 Å². The molecule has 0 bridgehead atoms. The van der Waals surface area contributed by atoms with Crippen molar-refractivity contribution < 1.29 is 22.3 Å². The third-order valence-corrected chi connectivity index (χ3v) is 4.14. The lowest BCUT2D eigenvalue weighted by Crippen LogP contribution is -2.36. The number of carbonyl (C=O) groups excluding carboxylic acids is 1. The maximum absolute atomic E-state index is 13.7. The number of sulfonamides is 1. The van der Waals surface area contributed by atoms with Gasteiger partial charge in [0.1, 0.15) is 0 Å². The van der Waals surface area contributed by atoms with Gasteiger partial charge in [0.15, 0.2) is 18.2 Å². The Morgan fingerprint density at radius 3 is 2.62 bits per heavy atom. The van der Waals surface area contributed by atoms with E-state index in [9.17, 15) is 17.6 Å². The van der Waals surface area contributed by atoms with Crippen LogP contribution in [0.3, 0.4) is 0 Å². The number of amides is 1. The van der Waals surface area contributed by atoms with Crippen LogP contribution in [0.2, 0.25) is 0 Å². The summed E-state index contributed by atoms with van der Waals surface area (Å²) in [6.07, 6.45) is 1.97. The average Bonchev–Trinajstić information content (AvgIpc) is 3.21. The van der Waals surface area contributed by atoms with Gasteiger partial charge in [0.2, 0.25) is 10.0 Å². The summed E-state index contributed by atoms with van der Waals surface area (Å²) in [5.74, 6) is -1.26. The van der Waals surface area contributed by atoms with E-state index in [1.54, 1.807) is 4.90 Å². The van der Waals surface area contributed by atoms with Crippen LogP contribution in [0, 0.1) is 5.82 Å². The Kier molecular flexibility index (Phi) is 4.48. The van der Waals surface area contributed by atoms with Gasteiger partial charge in [-0.15, -0.1) is 0 Å². The summed E-state index contributed by atoms with van der Waals surface area (Å²) < 4.78 is 41.0. The van der Waals surface area contributed by atoms with Crippen LogP contribution in [0.25, 0.3) is 0 Å². The van der Waals surface area contributed by atoms with Crippen molar-refractivity contribution in [2.24, 2.45) is 5.14 Å². The van der Waals surface area contributed by atoms with E-state index in [2.05, 4.69) is 0 Å². The molecule has 116 valence electrons. The molecule has 1 amide bonds. The molecule has 21 heavy (non-hydrogen) atoms. The van der Waals surface area contributed by atoms with Gasteiger partial charge in [0, 0.05) is 12.6 Å². The molecule has 1 aliphatic rings. The molecular weight excluding hydrogens is 299 g/mol. The first-order valence-corrected chi connectivity index (χ1v) is 8.12. The number of halogens is 1. The minimum absolute atomic E-state index is 0.178. The first kappa shape index (κ1) is 15.7. The number of carbonyl (C=O) groups is 1. The van der Waals surface area contributed by atoms with Gasteiger partial charge in [0.25, 0.3) is 5.91 Å². The second kappa shape index (κ2) is 5.98. The Morgan fingerprint density at radius 2 is 2.14 bits per heavy atom. The molecule has 1 aliphatic carbocycles. The zero-order valence-corrected chi connectivity index (χ0v) is 12.4. The molecule has 1 aromatic carbocycles. The predicted octanol–water partition coefficient (Wildman–Crippen LogP) is 0.863. The molecule has 1 aromatic rings. The van der Waals surface area contributed by atoms with Crippen LogP contribution in [0.1, 0.15) is 19.8 Å². The van der Waals surface area contributed by atoms with E-state index in [-0.39, 0.29) is 29.2 Å². The lowest BCUT2D eigenvalue weighted by molar-refractivity contribution is -0.133. The Hall–Kier alpha value is -1.67. The summed E-state index contributed by atoms with van der Waals surface area (Å²) in [4.78, 5) is 13.3. The van der Waals surface area contributed by atoms with E-state index in [4.69, 9.17) is 9.88 Å². The highest BCUT2D eigenvalue weighted by Gasteiger charge is 2.31. The third-order valence-electron chi connectivity index (χ3n) is 3.23. The van der Waals surface area contributed by atoms with Gasteiger partial charge >= 0.3 is 0 Å². The fraction of sp³-hybridized carbons (Fsp3) is 0.462. The van der Waals surface area contributed by atoms with Crippen LogP contribution in [-0.2, 0) is 14.8 Å². The van der Waals surface area contributed by atoms with Crippen molar-refractivity contribution in [2.45, 2.75) is 30.7 Å². The molecule has 0 spiro atoms. The highest BCUT2D eigenvalue weighted by Crippen LogP contribution is 2.27. The smallest absolute Gasteiger partial charge is 0.260 e. The van der Waals surface area contributed by atoms with Crippen molar-refractivity contribution in [3.63, 3.8) is 0 Å². The van der Waals surface area contributed by atoms with E-state index in [1.165, 1.54) is 0 Å². The maximum atomic E-state index is 13.7. The molecule has 0 radical (unpaired) electrons. The summed E-state index contributed by atoms with van der Waals surface area (Å²) in [5.41, 5.74) is 0. The summed E-state index contributed by atoms with van der Waals surface area (Å²) >= 11 is 0. The first-order valence-electron chi connectivity index (χ1n) is 6.57. The van der Waals surface area contributed by atoms with Gasteiger partial charge in [-0.2, -0.15) is 0 Å². The van der Waals surface area contributed by atoms with Crippen molar-refractivity contribution in [2.75, 3.05) is 13.2 Å². The van der Waals surface area contributed by atoms with Crippen LogP contribution >= 0.6 is 0 Å². The molecule has 1 fully saturated rings. The second-order valence-corrected chi connectivity index (χ2v) is 6.40. The molecule has 0 aliphatic heterocycles. The summed E-state index contributed by atoms with van der Waals surface area (Å²) in [7, 11) is -3.96. The van der Waals surface area contributed by atoms with Crippen molar-refractivity contribution in [1.82, 2.24) is 4.90 Å².